The number of ketones is 1. The highest BCUT2D eigenvalue weighted by Gasteiger charge is 2.29. The van der Waals surface area contributed by atoms with Crippen molar-refractivity contribution in [2.24, 2.45) is 0 Å². The topological polar surface area (TPSA) is 119 Å². The lowest BCUT2D eigenvalue weighted by Crippen LogP contribution is -2.54. The molecule has 1 aromatic carbocycles. The molecule has 1 aliphatic rings. The Labute approximate surface area is 187 Å². The van der Waals surface area contributed by atoms with Crippen molar-refractivity contribution in [1.29, 1.82) is 0 Å². The van der Waals surface area contributed by atoms with Gasteiger partial charge in [-0.3, -0.25) is 9.52 Å². The Morgan fingerprint density at radius 2 is 2.06 bits per heavy atom. The number of Topliss-reactive ketones (excluding diaryl/α,β-unsaturated/α-hetero) is 1. The van der Waals surface area contributed by atoms with E-state index < -0.39 is 10.0 Å². The molecule has 4 rings (SSSR count). The lowest BCUT2D eigenvalue weighted by Gasteiger charge is -2.34. The van der Waals surface area contributed by atoms with Gasteiger partial charge in [0.2, 0.25) is 10.0 Å². The van der Waals surface area contributed by atoms with Crippen LogP contribution in [0.2, 0.25) is 0 Å². The Morgan fingerprint density at radius 3 is 2.81 bits per heavy atom. The van der Waals surface area contributed by atoms with Gasteiger partial charge in [0.25, 0.3) is 0 Å². The number of H-pyrrole nitrogens is 1. The zero-order valence-corrected chi connectivity index (χ0v) is 19.2. The van der Waals surface area contributed by atoms with Crippen LogP contribution in [0.1, 0.15) is 24.3 Å². The van der Waals surface area contributed by atoms with E-state index in [0.29, 0.717) is 24.5 Å². The van der Waals surface area contributed by atoms with Crippen LogP contribution in [0.5, 0.6) is 0 Å². The molecule has 0 aliphatic carbocycles. The van der Waals surface area contributed by atoms with E-state index in [1.807, 2.05) is 12.1 Å². The Morgan fingerprint density at radius 1 is 1.25 bits per heavy atom. The average molecular weight is 457 g/mol. The van der Waals surface area contributed by atoms with Gasteiger partial charge < -0.3 is 20.5 Å². The summed E-state index contributed by atoms with van der Waals surface area (Å²) in [5.74, 6) is 0.798. The standard InChI is InChI=1S/C22H28N6O3S/c1-14(2)25-18-5-4-8-24-22(18)28-10-9-23-20(13-28)21(29)19-12-15-11-16(27-32(3,30)31)6-7-17(15)26-19/h4-8,11-12,14,20,23,25-27H,9-10,13H2,1-3H3. The third-order valence-corrected chi connectivity index (χ3v) is 5.82. The largest absolute Gasteiger partial charge is 0.380 e. The lowest BCUT2D eigenvalue weighted by molar-refractivity contribution is 0.0935. The number of fused-ring (bicyclic) bond motifs is 1. The van der Waals surface area contributed by atoms with E-state index in [1.165, 1.54) is 0 Å². The molecule has 3 heterocycles. The minimum Gasteiger partial charge on any atom is -0.380 e. The molecule has 1 fully saturated rings. The molecule has 0 bridgehead atoms. The predicted molar refractivity (Wildman–Crippen MR) is 128 cm³/mol. The van der Waals surface area contributed by atoms with E-state index in [1.54, 1.807) is 30.5 Å². The Balaban J connectivity index is 1.54. The minimum atomic E-state index is -3.37. The van der Waals surface area contributed by atoms with Gasteiger partial charge in [0.1, 0.15) is 0 Å². The summed E-state index contributed by atoms with van der Waals surface area (Å²) in [4.78, 5) is 23.1. The second-order valence-corrected chi connectivity index (χ2v) is 10.1. The van der Waals surface area contributed by atoms with Crippen molar-refractivity contribution in [3.05, 3.63) is 48.3 Å². The lowest BCUT2D eigenvalue weighted by atomic mass is 10.1. The highest BCUT2D eigenvalue weighted by atomic mass is 32.2. The van der Waals surface area contributed by atoms with E-state index in [2.05, 4.69) is 44.1 Å². The first-order valence-corrected chi connectivity index (χ1v) is 12.4. The van der Waals surface area contributed by atoms with Crippen molar-refractivity contribution in [2.45, 2.75) is 25.9 Å². The van der Waals surface area contributed by atoms with Crippen molar-refractivity contribution >= 4 is 43.9 Å². The van der Waals surface area contributed by atoms with Gasteiger partial charge in [-0.25, -0.2) is 13.4 Å². The van der Waals surface area contributed by atoms with E-state index in [4.69, 9.17) is 0 Å². The summed E-state index contributed by atoms with van der Waals surface area (Å²) in [6.45, 7) is 6.07. The maximum atomic E-state index is 13.3. The van der Waals surface area contributed by atoms with Crippen LogP contribution in [0, 0.1) is 0 Å². The molecule has 10 heteroatoms. The van der Waals surface area contributed by atoms with Crippen LogP contribution < -0.4 is 20.3 Å². The summed E-state index contributed by atoms with van der Waals surface area (Å²) in [6, 6.07) is 10.7. The number of aromatic nitrogens is 2. The molecular weight excluding hydrogens is 428 g/mol. The number of rotatable bonds is 7. The number of pyridine rings is 1. The monoisotopic (exact) mass is 456 g/mol. The van der Waals surface area contributed by atoms with Gasteiger partial charge in [0.15, 0.2) is 11.6 Å². The van der Waals surface area contributed by atoms with Gasteiger partial charge >= 0.3 is 0 Å². The van der Waals surface area contributed by atoms with Crippen LogP contribution in [0.15, 0.2) is 42.6 Å². The van der Waals surface area contributed by atoms with Gasteiger partial charge in [-0.2, -0.15) is 0 Å². The summed E-state index contributed by atoms with van der Waals surface area (Å²) in [5.41, 5.74) is 2.66. The normalized spacial score (nSPS) is 17.0. The number of nitrogens with one attached hydrogen (secondary N) is 4. The number of aromatic amines is 1. The molecule has 2 aromatic heterocycles. The Kier molecular flexibility index (Phi) is 6.07. The molecule has 32 heavy (non-hydrogen) atoms. The summed E-state index contributed by atoms with van der Waals surface area (Å²) >= 11 is 0. The van der Waals surface area contributed by atoms with Crippen molar-refractivity contribution in [2.75, 3.05) is 40.8 Å². The summed E-state index contributed by atoms with van der Waals surface area (Å²) in [5, 5.41) is 7.50. The highest BCUT2D eigenvalue weighted by molar-refractivity contribution is 7.92. The molecule has 9 nitrogen and oxygen atoms in total. The van der Waals surface area contributed by atoms with E-state index >= 15 is 0 Å². The number of carbonyl (C=O) groups excluding carboxylic acids is 1. The predicted octanol–water partition coefficient (Wildman–Crippen LogP) is 2.42. The number of piperazine rings is 1. The van der Waals surface area contributed by atoms with Crippen molar-refractivity contribution in [3.8, 4) is 0 Å². The third-order valence-electron chi connectivity index (χ3n) is 5.21. The first-order valence-electron chi connectivity index (χ1n) is 10.5. The molecule has 0 saturated carbocycles. The molecule has 0 radical (unpaired) electrons. The maximum Gasteiger partial charge on any atom is 0.229 e. The molecular formula is C22H28N6O3S. The third kappa shape index (κ3) is 5.03. The minimum absolute atomic E-state index is 0.0437. The fourth-order valence-corrected chi connectivity index (χ4v) is 4.48. The number of carbonyl (C=O) groups is 1. The second kappa shape index (κ2) is 8.79. The fourth-order valence-electron chi connectivity index (χ4n) is 3.92. The molecule has 0 amide bonds. The van der Waals surface area contributed by atoms with E-state index in [0.717, 1.165) is 35.2 Å². The number of anilines is 3. The van der Waals surface area contributed by atoms with Crippen LogP contribution in [-0.2, 0) is 10.0 Å². The molecule has 1 atom stereocenters. The molecule has 3 aromatic rings. The number of sulfonamides is 1. The van der Waals surface area contributed by atoms with Gasteiger partial charge in [0.05, 0.1) is 23.7 Å². The number of hydrogen-bond acceptors (Lipinski definition) is 7. The Hall–Kier alpha value is -3.11. The van der Waals surface area contributed by atoms with Crippen LogP contribution >= 0.6 is 0 Å². The van der Waals surface area contributed by atoms with Crippen LogP contribution in [0.4, 0.5) is 17.2 Å². The first-order chi connectivity index (χ1) is 15.2. The fraction of sp³-hybridized carbons (Fsp3) is 0.364. The van der Waals surface area contributed by atoms with Crippen molar-refractivity contribution in [3.63, 3.8) is 0 Å². The van der Waals surface area contributed by atoms with Crippen LogP contribution in [0.3, 0.4) is 0 Å². The maximum absolute atomic E-state index is 13.3. The van der Waals surface area contributed by atoms with Crippen molar-refractivity contribution < 1.29 is 13.2 Å². The number of hydrogen-bond donors (Lipinski definition) is 4. The molecule has 170 valence electrons. The van der Waals surface area contributed by atoms with Gasteiger partial charge in [0, 0.05) is 48.5 Å². The number of nitrogens with zero attached hydrogens (tertiary/aromatic N) is 2. The van der Waals surface area contributed by atoms with E-state index in [-0.39, 0.29) is 17.9 Å². The van der Waals surface area contributed by atoms with Gasteiger partial charge in [-0.05, 0) is 50.2 Å². The highest BCUT2D eigenvalue weighted by Crippen LogP contribution is 2.26. The van der Waals surface area contributed by atoms with Crippen LogP contribution in [0.25, 0.3) is 10.9 Å². The Bertz CT molecular complexity index is 1240. The summed E-state index contributed by atoms with van der Waals surface area (Å²) in [6.07, 6.45) is 2.87. The summed E-state index contributed by atoms with van der Waals surface area (Å²) < 4.78 is 25.4. The quantitative estimate of drug-likeness (QED) is 0.403. The molecule has 0 spiro atoms. The van der Waals surface area contributed by atoms with Gasteiger partial charge in [-0.1, -0.05) is 0 Å². The van der Waals surface area contributed by atoms with Crippen molar-refractivity contribution in [1.82, 2.24) is 15.3 Å². The molecule has 4 N–H and O–H groups in total. The average Bonchev–Trinajstić information content (AvgIpc) is 3.15. The molecule has 1 unspecified atom stereocenters. The van der Waals surface area contributed by atoms with E-state index in [9.17, 15) is 13.2 Å². The zero-order valence-electron chi connectivity index (χ0n) is 18.3. The van der Waals surface area contributed by atoms with Crippen LogP contribution in [-0.4, -0.2) is 62.1 Å². The number of benzene rings is 1. The first kappa shape index (κ1) is 22.1. The SMILES string of the molecule is CC(C)Nc1cccnc1N1CCNC(C(=O)c2cc3cc(NS(C)(=O)=O)ccc3[nH]2)C1. The summed E-state index contributed by atoms with van der Waals surface area (Å²) in [7, 11) is -3.37. The second-order valence-electron chi connectivity index (χ2n) is 8.35. The molecule has 1 aliphatic heterocycles. The molecule has 1 saturated heterocycles. The zero-order chi connectivity index (χ0) is 22.9. The van der Waals surface area contributed by atoms with Gasteiger partial charge in [-0.15, -0.1) is 0 Å². The smallest absolute Gasteiger partial charge is 0.229 e.